The summed E-state index contributed by atoms with van der Waals surface area (Å²) >= 11 is 1.64. The Morgan fingerprint density at radius 2 is 2.00 bits per heavy atom. The Kier molecular flexibility index (Phi) is 5.73. The van der Waals surface area contributed by atoms with Gasteiger partial charge in [-0.1, -0.05) is 23.9 Å². The summed E-state index contributed by atoms with van der Waals surface area (Å²) in [5.74, 6) is 0.470. The van der Waals surface area contributed by atoms with Crippen molar-refractivity contribution in [1.29, 1.82) is 0 Å². The predicted molar refractivity (Wildman–Crippen MR) is 120 cm³/mol. The number of nitrogens with zero attached hydrogens (tertiary/aromatic N) is 2. The van der Waals surface area contributed by atoms with Gasteiger partial charge in [0.1, 0.15) is 12.8 Å². The molecule has 0 aliphatic carbocycles. The summed E-state index contributed by atoms with van der Waals surface area (Å²) in [6.07, 6.45) is 4.48. The average Bonchev–Trinajstić information content (AvgIpc) is 3.06. The zero-order valence-electron chi connectivity index (χ0n) is 16.8. The summed E-state index contributed by atoms with van der Waals surface area (Å²) in [4.78, 5) is 3.18. The molecule has 1 aliphatic heterocycles. The Labute approximate surface area is 180 Å². The highest BCUT2D eigenvalue weighted by Crippen LogP contribution is 2.48. The van der Waals surface area contributed by atoms with Gasteiger partial charge in [0.2, 0.25) is 5.52 Å². The maximum Gasteiger partial charge on any atom is 0.264 e. The molecule has 0 atom stereocenters. The molecule has 3 aromatic rings. The summed E-state index contributed by atoms with van der Waals surface area (Å²) in [5, 5.41) is 2.15. The van der Waals surface area contributed by atoms with Crippen molar-refractivity contribution in [2.24, 2.45) is 7.05 Å². The highest BCUT2D eigenvalue weighted by molar-refractivity contribution is 8.03. The fourth-order valence-corrected chi connectivity index (χ4v) is 5.21. The van der Waals surface area contributed by atoms with E-state index in [4.69, 9.17) is 9.29 Å². The van der Waals surface area contributed by atoms with E-state index in [-0.39, 0.29) is 5.75 Å². The number of aryl methyl sites for hydroxylation is 1. The first-order chi connectivity index (χ1) is 14.4. The molecule has 6 nitrogen and oxygen atoms in total. The van der Waals surface area contributed by atoms with E-state index in [0.29, 0.717) is 13.0 Å². The van der Waals surface area contributed by atoms with Crippen LogP contribution in [0.3, 0.4) is 0 Å². The fraction of sp³-hybridized carbons (Fsp3) is 0.227. The van der Waals surface area contributed by atoms with Gasteiger partial charge in [-0.05, 0) is 36.3 Å². The highest BCUT2D eigenvalue weighted by atomic mass is 32.2. The molecule has 2 aromatic carbocycles. The van der Waals surface area contributed by atoms with E-state index >= 15 is 0 Å². The van der Waals surface area contributed by atoms with Crippen molar-refractivity contribution in [3.05, 3.63) is 65.3 Å². The Hall–Kier alpha value is -2.55. The lowest BCUT2D eigenvalue weighted by Gasteiger charge is -2.21. The number of ether oxygens (including phenoxy) is 1. The smallest absolute Gasteiger partial charge is 0.264 e. The molecule has 0 amide bonds. The van der Waals surface area contributed by atoms with Crippen LogP contribution in [-0.2, 0) is 17.2 Å². The number of anilines is 1. The SMILES string of the molecule is COc1ccc2c(c1)N(CCCS(=O)(=O)O)/C(=C\c1cc[n+](C)c3ccccc13)S2. The van der Waals surface area contributed by atoms with Gasteiger partial charge in [-0.25, -0.2) is 4.57 Å². The first-order valence-electron chi connectivity index (χ1n) is 9.53. The number of aromatic nitrogens is 1. The van der Waals surface area contributed by atoms with Crippen LogP contribution in [-0.4, -0.2) is 32.4 Å². The topological polar surface area (TPSA) is 70.7 Å². The standard InChI is InChI=1S/C22H22N2O4S2/c1-23-12-10-16(18-6-3-4-7-19(18)23)14-22-24(11-5-13-30(25,26)27)20-15-17(28-2)8-9-21(20)29-22/h3-4,6-10,12,14-15H,5,11,13H2,1-2H3/p+1. The Morgan fingerprint density at radius 3 is 2.77 bits per heavy atom. The number of thioether (sulfide) groups is 1. The van der Waals surface area contributed by atoms with Crippen molar-refractivity contribution in [3.8, 4) is 5.75 Å². The summed E-state index contributed by atoms with van der Waals surface area (Å²) in [6, 6.07) is 16.2. The van der Waals surface area contributed by atoms with Gasteiger partial charge in [-0.2, -0.15) is 8.42 Å². The van der Waals surface area contributed by atoms with E-state index in [9.17, 15) is 8.42 Å². The normalized spacial score (nSPS) is 15.0. The van der Waals surface area contributed by atoms with Crippen LogP contribution in [0.2, 0.25) is 0 Å². The van der Waals surface area contributed by atoms with E-state index in [1.54, 1.807) is 18.9 Å². The molecular weight excluding hydrogens is 420 g/mol. The molecule has 1 aliphatic rings. The Balaban J connectivity index is 1.75. The van der Waals surface area contributed by atoms with Gasteiger partial charge in [0.05, 0.1) is 29.0 Å². The zero-order chi connectivity index (χ0) is 21.3. The zero-order valence-corrected chi connectivity index (χ0v) is 18.4. The van der Waals surface area contributed by atoms with Crippen molar-refractivity contribution in [1.82, 2.24) is 0 Å². The third kappa shape index (κ3) is 4.30. The summed E-state index contributed by atoms with van der Waals surface area (Å²) < 4.78 is 39.0. The molecule has 1 N–H and O–H groups in total. The third-order valence-corrected chi connectivity index (χ3v) is 6.99. The van der Waals surface area contributed by atoms with Crippen molar-refractivity contribution in [2.75, 3.05) is 24.3 Å². The molecule has 0 bridgehead atoms. The maximum absolute atomic E-state index is 11.2. The van der Waals surface area contributed by atoms with Crippen molar-refractivity contribution >= 4 is 44.5 Å². The summed E-state index contributed by atoms with van der Waals surface area (Å²) in [5.41, 5.74) is 3.20. The molecule has 4 rings (SSSR count). The molecule has 0 radical (unpaired) electrons. The number of fused-ring (bicyclic) bond motifs is 2. The summed E-state index contributed by atoms with van der Waals surface area (Å²) in [6.45, 7) is 0.470. The number of hydrogen-bond acceptors (Lipinski definition) is 5. The van der Waals surface area contributed by atoms with E-state index in [1.807, 2.05) is 43.6 Å². The molecule has 0 unspecified atom stereocenters. The third-order valence-electron chi connectivity index (χ3n) is 5.07. The molecule has 30 heavy (non-hydrogen) atoms. The van der Waals surface area contributed by atoms with Crippen LogP contribution in [0.1, 0.15) is 12.0 Å². The maximum atomic E-state index is 11.2. The average molecular weight is 444 g/mol. The Bertz CT molecular complexity index is 1240. The van der Waals surface area contributed by atoms with Crippen LogP contribution in [0, 0.1) is 0 Å². The molecular formula is C22H23N2O4S2+. The van der Waals surface area contributed by atoms with Gasteiger partial charge in [-0.15, -0.1) is 0 Å². The van der Waals surface area contributed by atoms with Gasteiger partial charge in [0.15, 0.2) is 6.20 Å². The molecule has 0 saturated heterocycles. The first kappa shape index (κ1) is 20.7. The van der Waals surface area contributed by atoms with Gasteiger partial charge in [0.25, 0.3) is 10.1 Å². The second-order valence-corrected chi connectivity index (χ2v) is 9.74. The fourth-order valence-electron chi connectivity index (χ4n) is 3.60. The van der Waals surface area contributed by atoms with Crippen LogP contribution in [0.15, 0.2) is 64.7 Å². The number of methoxy groups -OCH3 is 1. The lowest BCUT2D eigenvalue weighted by Crippen LogP contribution is -2.28. The molecule has 1 aromatic heterocycles. The second-order valence-electron chi connectivity index (χ2n) is 7.11. The van der Waals surface area contributed by atoms with Crippen molar-refractivity contribution in [2.45, 2.75) is 11.3 Å². The number of hydrogen-bond donors (Lipinski definition) is 1. The van der Waals surface area contributed by atoms with Crippen LogP contribution in [0.4, 0.5) is 5.69 Å². The minimum atomic E-state index is -4.00. The number of pyridine rings is 1. The lowest BCUT2D eigenvalue weighted by molar-refractivity contribution is -0.644. The number of para-hydroxylation sites is 1. The quantitative estimate of drug-likeness (QED) is 0.461. The van der Waals surface area contributed by atoms with Crippen LogP contribution >= 0.6 is 11.8 Å². The van der Waals surface area contributed by atoms with Gasteiger partial charge in [0, 0.05) is 29.6 Å². The molecule has 2 heterocycles. The van der Waals surface area contributed by atoms with E-state index in [1.165, 1.54) is 0 Å². The number of benzene rings is 2. The lowest BCUT2D eigenvalue weighted by atomic mass is 10.1. The summed E-state index contributed by atoms with van der Waals surface area (Å²) in [7, 11) is -0.351. The Morgan fingerprint density at radius 1 is 1.20 bits per heavy atom. The highest BCUT2D eigenvalue weighted by Gasteiger charge is 2.26. The largest absolute Gasteiger partial charge is 0.497 e. The minimum Gasteiger partial charge on any atom is -0.497 e. The molecule has 8 heteroatoms. The van der Waals surface area contributed by atoms with Crippen molar-refractivity contribution in [3.63, 3.8) is 0 Å². The van der Waals surface area contributed by atoms with Gasteiger partial charge >= 0.3 is 0 Å². The van der Waals surface area contributed by atoms with Crippen LogP contribution in [0.5, 0.6) is 5.75 Å². The van der Waals surface area contributed by atoms with Crippen molar-refractivity contribution < 1.29 is 22.3 Å². The predicted octanol–water partition coefficient (Wildman–Crippen LogP) is 3.86. The molecule has 0 fully saturated rings. The van der Waals surface area contributed by atoms with Gasteiger partial charge in [-0.3, -0.25) is 4.55 Å². The second kappa shape index (κ2) is 8.29. The monoisotopic (exact) mass is 443 g/mol. The van der Waals surface area contributed by atoms with E-state index in [2.05, 4.69) is 33.7 Å². The first-order valence-corrected chi connectivity index (χ1v) is 12.0. The van der Waals surface area contributed by atoms with Gasteiger partial charge < -0.3 is 9.64 Å². The van der Waals surface area contributed by atoms with E-state index in [0.717, 1.165) is 37.8 Å². The molecule has 0 spiro atoms. The molecule has 156 valence electrons. The minimum absolute atomic E-state index is 0.273. The van der Waals surface area contributed by atoms with Crippen LogP contribution < -0.4 is 14.2 Å². The van der Waals surface area contributed by atoms with Crippen LogP contribution in [0.25, 0.3) is 17.0 Å². The number of rotatable bonds is 6. The molecule has 0 saturated carbocycles. The van der Waals surface area contributed by atoms with E-state index < -0.39 is 10.1 Å².